The summed E-state index contributed by atoms with van der Waals surface area (Å²) in [6, 6.07) is 7.24. The Balaban J connectivity index is 1.72. The lowest BCUT2D eigenvalue weighted by Crippen LogP contribution is -2.27. The lowest BCUT2D eigenvalue weighted by Gasteiger charge is -2.21. The van der Waals surface area contributed by atoms with Crippen LogP contribution < -0.4 is 14.8 Å². The number of ether oxygens (including phenoxy) is 2. The number of thiophene rings is 1. The average Bonchev–Trinajstić information content (AvgIpc) is 3.09. The zero-order valence-electron chi connectivity index (χ0n) is 16.0. The summed E-state index contributed by atoms with van der Waals surface area (Å²) in [6.07, 6.45) is 2.25. The van der Waals surface area contributed by atoms with Gasteiger partial charge in [0.2, 0.25) is 5.91 Å². The summed E-state index contributed by atoms with van der Waals surface area (Å²) >= 11 is 1.54. The SMILES string of the molecule is COc1cc(NC(=O)[C@H]2CCc3sc(C(=O)N(C)C)cc3C2)cc(OC)c1. The molecule has 1 aromatic heterocycles. The highest BCUT2D eigenvalue weighted by molar-refractivity contribution is 7.14. The zero-order chi connectivity index (χ0) is 19.6. The van der Waals surface area contributed by atoms with Gasteiger partial charge in [-0.15, -0.1) is 11.3 Å². The number of anilines is 1. The fraction of sp³-hybridized carbons (Fsp3) is 0.400. The molecule has 2 amide bonds. The fourth-order valence-electron chi connectivity index (χ4n) is 3.20. The van der Waals surface area contributed by atoms with E-state index >= 15 is 0 Å². The van der Waals surface area contributed by atoms with Crippen LogP contribution in [-0.2, 0) is 17.6 Å². The first-order valence-corrected chi connectivity index (χ1v) is 9.60. The molecule has 3 rings (SSSR count). The van der Waals surface area contributed by atoms with Crippen molar-refractivity contribution in [1.82, 2.24) is 4.90 Å². The minimum Gasteiger partial charge on any atom is -0.497 e. The highest BCUT2D eigenvalue weighted by Crippen LogP contribution is 2.34. The van der Waals surface area contributed by atoms with Gasteiger partial charge in [0.15, 0.2) is 0 Å². The normalized spacial score (nSPS) is 15.6. The highest BCUT2D eigenvalue weighted by Gasteiger charge is 2.28. The number of hydrogen-bond donors (Lipinski definition) is 1. The van der Waals surface area contributed by atoms with Gasteiger partial charge in [-0.2, -0.15) is 0 Å². The number of fused-ring (bicyclic) bond motifs is 1. The van der Waals surface area contributed by atoms with Gasteiger partial charge in [-0.3, -0.25) is 9.59 Å². The van der Waals surface area contributed by atoms with Gasteiger partial charge in [0, 0.05) is 48.8 Å². The summed E-state index contributed by atoms with van der Waals surface area (Å²) in [4.78, 5) is 28.5. The molecule has 144 valence electrons. The van der Waals surface area contributed by atoms with E-state index in [4.69, 9.17) is 9.47 Å². The molecule has 1 aliphatic carbocycles. The molecule has 0 bridgehead atoms. The standard InChI is InChI=1S/C20H24N2O4S/c1-22(2)20(24)18-8-13-7-12(5-6-17(13)27-18)19(23)21-14-9-15(25-3)11-16(10-14)26-4/h8-12H,5-7H2,1-4H3,(H,21,23)/t12-/m0/s1. The van der Waals surface area contributed by atoms with Crippen molar-refractivity contribution in [2.24, 2.45) is 5.92 Å². The van der Waals surface area contributed by atoms with Crippen LogP contribution in [0.5, 0.6) is 11.5 Å². The van der Waals surface area contributed by atoms with E-state index in [1.165, 1.54) is 4.88 Å². The summed E-state index contributed by atoms with van der Waals surface area (Å²) in [5.74, 6) is 1.12. The van der Waals surface area contributed by atoms with Crippen LogP contribution in [0.25, 0.3) is 0 Å². The summed E-state index contributed by atoms with van der Waals surface area (Å²) < 4.78 is 10.5. The Bertz CT molecular complexity index is 837. The molecule has 27 heavy (non-hydrogen) atoms. The van der Waals surface area contributed by atoms with Crippen LogP contribution in [0, 0.1) is 5.92 Å². The van der Waals surface area contributed by atoms with Gasteiger partial charge in [-0.05, 0) is 30.9 Å². The molecule has 0 fully saturated rings. The first kappa shape index (κ1) is 19.2. The number of methoxy groups -OCH3 is 2. The third kappa shape index (κ3) is 4.24. The number of benzene rings is 1. The molecule has 0 radical (unpaired) electrons. The van der Waals surface area contributed by atoms with Crippen LogP contribution in [0.2, 0.25) is 0 Å². The average molecular weight is 388 g/mol. The van der Waals surface area contributed by atoms with Crippen molar-refractivity contribution < 1.29 is 19.1 Å². The summed E-state index contributed by atoms with van der Waals surface area (Å²) in [6.45, 7) is 0. The predicted octanol–water partition coefficient (Wildman–Crippen LogP) is 3.21. The lowest BCUT2D eigenvalue weighted by molar-refractivity contribution is -0.120. The number of aryl methyl sites for hydroxylation is 1. The Morgan fingerprint density at radius 2 is 1.78 bits per heavy atom. The fourth-order valence-corrected chi connectivity index (χ4v) is 4.43. The van der Waals surface area contributed by atoms with E-state index in [1.807, 2.05) is 6.07 Å². The van der Waals surface area contributed by atoms with Crippen molar-refractivity contribution in [3.8, 4) is 11.5 Å². The van der Waals surface area contributed by atoms with E-state index in [0.29, 0.717) is 23.6 Å². The molecular weight excluding hydrogens is 364 g/mol. The summed E-state index contributed by atoms with van der Waals surface area (Å²) in [5, 5.41) is 2.97. The molecule has 0 saturated heterocycles. The monoisotopic (exact) mass is 388 g/mol. The van der Waals surface area contributed by atoms with E-state index in [9.17, 15) is 9.59 Å². The molecule has 1 heterocycles. The van der Waals surface area contributed by atoms with Crippen molar-refractivity contribution in [3.63, 3.8) is 0 Å². The maximum atomic E-state index is 12.8. The van der Waals surface area contributed by atoms with Crippen LogP contribution in [0.3, 0.4) is 0 Å². The minimum atomic E-state index is -0.119. The van der Waals surface area contributed by atoms with Gasteiger partial charge in [0.05, 0.1) is 19.1 Å². The molecule has 1 aromatic carbocycles. The molecule has 0 unspecified atom stereocenters. The molecule has 0 aliphatic heterocycles. The largest absolute Gasteiger partial charge is 0.497 e. The van der Waals surface area contributed by atoms with Gasteiger partial charge in [0.25, 0.3) is 5.91 Å². The first-order chi connectivity index (χ1) is 12.9. The lowest BCUT2D eigenvalue weighted by atomic mass is 9.87. The van der Waals surface area contributed by atoms with Crippen molar-refractivity contribution in [3.05, 3.63) is 39.6 Å². The molecule has 0 spiro atoms. The van der Waals surface area contributed by atoms with Crippen LogP contribution in [0.1, 0.15) is 26.5 Å². The Hall–Kier alpha value is -2.54. The molecular formula is C20H24N2O4S. The quantitative estimate of drug-likeness (QED) is 0.854. The third-order valence-electron chi connectivity index (χ3n) is 4.69. The zero-order valence-corrected chi connectivity index (χ0v) is 16.8. The molecule has 0 saturated carbocycles. The van der Waals surface area contributed by atoms with Crippen molar-refractivity contribution in [1.29, 1.82) is 0 Å². The van der Waals surface area contributed by atoms with Gasteiger partial charge in [0.1, 0.15) is 11.5 Å². The van der Waals surface area contributed by atoms with E-state index in [0.717, 1.165) is 23.3 Å². The summed E-state index contributed by atoms with van der Waals surface area (Å²) in [7, 11) is 6.65. The number of nitrogens with zero attached hydrogens (tertiary/aromatic N) is 1. The van der Waals surface area contributed by atoms with E-state index < -0.39 is 0 Å². The number of carbonyl (C=O) groups excluding carboxylic acids is 2. The number of hydrogen-bond acceptors (Lipinski definition) is 5. The van der Waals surface area contributed by atoms with Crippen molar-refractivity contribution >= 4 is 28.8 Å². The molecule has 1 aliphatic rings. The Kier molecular flexibility index (Phi) is 5.70. The first-order valence-electron chi connectivity index (χ1n) is 8.78. The molecule has 1 N–H and O–H groups in total. The topological polar surface area (TPSA) is 67.9 Å². The van der Waals surface area contributed by atoms with Gasteiger partial charge < -0.3 is 19.7 Å². The molecule has 1 atom stereocenters. The minimum absolute atomic E-state index is 0.0128. The second-order valence-corrected chi connectivity index (χ2v) is 7.93. The predicted molar refractivity (Wildman–Crippen MR) is 106 cm³/mol. The maximum absolute atomic E-state index is 12.8. The van der Waals surface area contributed by atoms with Crippen LogP contribution in [0.15, 0.2) is 24.3 Å². The highest BCUT2D eigenvalue weighted by atomic mass is 32.1. The van der Waals surface area contributed by atoms with E-state index in [1.54, 1.807) is 62.8 Å². The van der Waals surface area contributed by atoms with Crippen molar-refractivity contribution in [2.45, 2.75) is 19.3 Å². The van der Waals surface area contributed by atoms with Crippen LogP contribution in [-0.4, -0.2) is 45.0 Å². The second kappa shape index (κ2) is 8.00. The third-order valence-corrected chi connectivity index (χ3v) is 5.91. The Morgan fingerprint density at radius 1 is 1.11 bits per heavy atom. The van der Waals surface area contributed by atoms with Crippen molar-refractivity contribution in [2.75, 3.05) is 33.6 Å². The number of nitrogens with one attached hydrogen (secondary N) is 1. The van der Waals surface area contributed by atoms with E-state index in [2.05, 4.69) is 5.32 Å². The number of carbonyl (C=O) groups is 2. The van der Waals surface area contributed by atoms with Gasteiger partial charge in [-0.1, -0.05) is 0 Å². The van der Waals surface area contributed by atoms with E-state index in [-0.39, 0.29) is 17.7 Å². The van der Waals surface area contributed by atoms with Crippen LogP contribution >= 0.6 is 11.3 Å². The Labute approximate surface area is 163 Å². The van der Waals surface area contributed by atoms with Crippen LogP contribution in [0.4, 0.5) is 5.69 Å². The Morgan fingerprint density at radius 3 is 2.37 bits per heavy atom. The maximum Gasteiger partial charge on any atom is 0.263 e. The summed E-state index contributed by atoms with van der Waals surface area (Å²) in [5.41, 5.74) is 1.76. The van der Waals surface area contributed by atoms with Gasteiger partial charge in [-0.25, -0.2) is 0 Å². The van der Waals surface area contributed by atoms with Gasteiger partial charge >= 0.3 is 0 Å². The second-order valence-electron chi connectivity index (χ2n) is 6.79. The molecule has 7 heteroatoms. The smallest absolute Gasteiger partial charge is 0.263 e. The number of rotatable bonds is 5. The molecule has 6 nitrogen and oxygen atoms in total. The molecule has 2 aromatic rings. The number of amides is 2.